The first-order valence-electron chi connectivity index (χ1n) is 12.5. The summed E-state index contributed by atoms with van der Waals surface area (Å²) < 4.78 is 16.4. The number of rotatable bonds is 8. The molecule has 1 saturated heterocycles. The monoisotopic (exact) mass is 497 g/mol. The minimum absolute atomic E-state index is 0.0635. The van der Waals surface area contributed by atoms with Crippen LogP contribution in [0.1, 0.15) is 22.8 Å². The molecule has 1 aromatic heterocycles. The van der Waals surface area contributed by atoms with Crippen LogP contribution in [-0.2, 0) is 0 Å². The molecule has 0 amide bonds. The molecule has 2 heterocycles. The molecule has 4 aromatic rings. The first kappa shape index (κ1) is 24.4. The van der Waals surface area contributed by atoms with Gasteiger partial charge >= 0.3 is 0 Å². The molecule has 0 N–H and O–H groups in total. The van der Waals surface area contributed by atoms with Gasteiger partial charge in [-0.25, -0.2) is 0 Å². The summed E-state index contributed by atoms with van der Waals surface area (Å²) >= 11 is 0. The van der Waals surface area contributed by atoms with Gasteiger partial charge in [0.05, 0.1) is 37.6 Å². The molecule has 0 atom stereocenters. The van der Waals surface area contributed by atoms with Crippen molar-refractivity contribution in [2.45, 2.75) is 6.92 Å². The molecule has 7 heteroatoms. The number of carbonyl (C=O) groups is 1. The minimum Gasteiger partial charge on any atom is -0.497 e. The normalized spacial score (nSPS) is 13.5. The van der Waals surface area contributed by atoms with Crippen molar-refractivity contribution in [2.24, 2.45) is 0 Å². The predicted octanol–water partition coefficient (Wildman–Crippen LogP) is 5.21. The number of hydrogen-bond donors (Lipinski definition) is 0. The predicted molar refractivity (Wildman–Crippen MR) is 147 cm³/mol. The Labute approximate surface area is 217 Å². The first-order chi connectivity index (χ1) is 18.1. The van der Waals surface area contributed by atoms with Gasteiger partial charge in [-0.2, -0.15) is 0 Å². The SMILES string of the molecule is CCOc1ccc2ncc(C(=O)c3ccc(OC)cc3)c(N3CCN(c4ccc(OC)cc4)CC3)c2c1. The molecule has 0 radical (unpaired) electrons. The number of pyridine rings is 1. The van der Waals surface area contributed by atoms with Gasteiger partial charge in [-0.05, 0) is 73.7 Å². The summed E-state index contributed by atoms with van der Waals surface area (Å²) in [6, 6.07) is 21.2. The Morgan fingerprint density at radius 3 is 2.03 bits per heavy atom. The lowest BCUT2D eigenvalue weighted by Gasteiger charge is -2.38. The van der Waals surface area contributed by atoms with Gasteiger partial charge in [-0.3, -0.25) is 9.78 Å². The molecule has 0 saturated carbocycles. The summed E-state index contributed by atoms with van der Waals surface area (Å²) in [6.07, 6.45) is 1.71. The van der Waals surface area contributed by atoms with Crippen molar-refractivity contribution in [3.05, 3.63) is 84.1 Å². The smallest absolute Gasteiger partial charge is 0.196 e. The van der Waals surface area contributed by atoms with E-state index in [1.807, 2.05) is 49.4 Å². The number of carbonyl (C=O) groups excluding carboxylic acids is 1. The van der Waals surface area contributed by atoms with Crippen LogP contribution < -0.4 is 24.0 Å². The number of hydrogen-bond acceptors (Lipinski definition) is 7. The summed E-state index contributed by atoms with van der Waals surface area (Å²) in [5.41, 5.74) is 4.09. The van der Waals surface area contributed by atoms with E-state index >= 15 is 0 Å². The van der Waals surface area contributed by atoms with Gasteiger partial charge < -0.3 is 24.0 Å². The second kappa shape index (κ2) is 10.8. The largest absolute Gasteiger partial charge is 0.497 e. The Kier molecular flexibility index (Phi) is 7.12. The highest BCUT2D eigenvalue weighted by atomic mass is 16.5. The van der Waals surface area contributed by atoms with E-state index in [1.54, 1.807) is 32.5 Å². The highest BCUT2D eigenvalue weighted by Crippen LogP contribution is 2.35. The number of ketones is 1. The highest BCUT2D eigenvalue weighted by Gasteiger charge is 2.25. The molecule has 7 nitrogen and oxygen atoms in total. The first-order valence-corrected chi connectivity index (χ1v) is 12.5. The molecule has 0 aliphatic carbocycles. The molecule has 3 aromatic carbocycles. The van der Waals surface area contributed by atoms with E-state index in [0.29, 0.717) is 23.5 Å². The Bertz CT molecular complexity index is 1380. The van der Waals surface area contributed by atoms with Gasteiger partial charge in [0.25, 0.3) is 0 Å². The second-order valence-corrected chi connectivity index (χ2v) is 8.86. The molecule has 1 fully saturated rings. The summed E-state index contributed by atoms with van der Waals surface area (Å²) in [7, 11) is 3.29. The zero-order valence-electron chi connectivity index (χ0n) is 21.4. The van der Waals surface area contributed by atoms with Gasteiger partial charge in [0, 0.05) is 49.0 Å². The van der Waals surface area contributed by atoms with E-state index in [2.05, 4.69) is 26.9 Å². The van der Waals surface area contributed by atoms with Crippen LogP contribution >= 0.6 is 0 Å². The van der Waals surface area contributed by atoms with Crippen LogP contribution in [0.15, 0.2) is 72.9 Å². The van der Waals surface area contributed by atoms with Crippen molar-refractivity contribution in [1.82, 2.24) is 4.98 Å². The van der Waals surface area contributed by atoms with Crippen molar-refractivity contribution in [3.8, 4) is 17.2 Å². The average molecular weight is 498 g/mol. The number of ether oxygens (including phenoxy) is 3. The summed E-state index contributed by atoms with van der Waals surface area (Å²) in [6.45, 7) is 5.74. The zero-order valence-corrected chi connectivity index (χ0v) is 21.4. The van der Waals surface area contributed by atoms with Crippen LogP contribution in [0.5, 0.6) is 17.2 Å². The third kappa shape index (κ3) is 5.03. The summed E-state index contributed by atoms with van der Waals surface area (Å²) in [4.78, 5) is 23.1. The van der Waals surface area contributed by atoms with Crippen molar-refractivity contribution < 1.29 is 19.0 Å². The Morgan fingerprint density at radius 1 is 0.811 bits per heavy atom. The number of aromatic nitrogens is 1. The fourth-order valence-electron chi connectivity index (χ4n) is 4.80. The maximum atomic E-state index is 13.7. The van der Waals surface area contributed by atoms with E-state index in [9.17, 15) is 4.79 Å². The van der Waals surface area contributed by atoms with Crippen molar-refractivity contribution >= 4 is 28.1 Å². The van der Waals surface area contributed by atoms with Crippen molar-refractivity contribution in [1.29, 1.82) is 0 Å². The van der Waals surface area contributed by atoms with Crippen LogP contribution in [0.2, 0.25) is 0 Å². The van der Waals surface area contributed by atoms with Crippen LogP contribution in [-0.4, -0.2) is 57.8 Å². The molecule has 5 rings (SSSR count). The van der Waals surface area contributed by atoms with Gasteiger partial charge in [-0.1, -0.05) is 0 Å². The molecule has 190 valence electrons. The van der Waals surface area contributed by atoms with Gasteiger partial charge in [0.15, 0.2) is 5.78 Å². The Morgan fingerprint density at radius 2 is 1.41 bits per heavy atom. The average Bonchev–Trinajstić information content (AvgIpc) is 2.96. The Hall–Kier alpha value is -4.26. The topological polar surface area (TPSA) is 64.1 Å². The van der Waals surface area contributed by atoms with Crippen LogP contribution in [0.25, 0.3) is 10.9 Å². The quantitative estimate of drug-likeness (QED) is 0.310. The highest BCUT2D eigenvalue weighted by molar-refractivity contribution is 6.16. The molecular formula is C30H31N3O4. The standard InChI is InChI=1S/C30H31N3O4/c1-4-37-25-13-14-28-26(19-25)29(27(20-31-28)30(34)21-5-9-23(35-2)10-6-21)33-17-15-32(16-18-33)22-7-11-24(36-3)12-8-22/h5-14,19-20H,4,15-18H2,1-3H3. The van der Waals surface area contributed by atoms with Gasteiger partial charge in [-0.15, -0.1) is 0 Å². The molecular weight excluding hydrogens is 466 g/mol. The third-order valence-corrected chi connectivity index (χ3v) is 6.75. The maximum Gasteiger partial charge on any atom is 0.196 e. The lowest BCUT2D eigenvalue weighted by molar-refractivity contribution is 0.103. The fraction of sp³-hybridized carbons (Fsp3) is 0.267. The number of fused-ring (bicyclic) bond motifs is 1. The van der Waals surface area contributed by atoms with E-state index < -0.39 is 0 Å². The van der Waals surface area contributed by atoms with E-state index in [4.69, 9.17) is 14.2 Å². The Balaban J connectivity index is 1.51. The van der Waals surface area contributed by atoms with Crippen LogP contribution in [0.4, 0.5) is 11.4 Å². The molecule has 37 heavy (non-hydrogen) atoms. The number of nitrogens with zero attached hydrogens (tertiary/aromatic N) is 3. The van der Waals surface area contributed by atoms with Crippen LogP contribution in [0.3, 0.4) is 0 Å². The maximum absolute atomic E-state index is 13.7. The van der Waals surface area contributed by atoms with Crippen molar-refractivity contribution in [3.63, 3.8) is 0 Å². The lowest BCUT2D eigenvalue weighted by atomic mass is 9.99. The summed E-state index contributed by atoms with van der Waals surface area (Å²) in [5.74, 6) is 2.26. The number of methoxy groups -OCH3 is 2. The van der Waals surface area contributed by atoms with Gasteiger partial charge in [0.2, 0.25) is 0 Å². The lowest BCUT2D eigenvalue weighted by Crippen LogP contribution is -2.47. The molecule has 0 unspecified atom stereocenters. The van der Waals surface area contributed by atoms with E-state index in [0.717, 1.165) is 60.0 Å². The number of piperazine rings is 1. The number of anilines is 2. The van der Waals surface area contributed by atoms with Gasteiger partial charge in [0.1, 0.15) is 17.2 Å². The molecule has 1 aliphatic rings. The van der Waals surface area contributed by atoms with E-state index in [1.165, 1.54) is 0 Å². The zero-order chi connectivity index (χ0) is 25.8. The fourth-order valence-corrected chi connectivity index (χ4v) is 4.80. The van der Waals surface area contributed by atoms with E-state index in [-0.39, 0.29) is 5.78 Å². The second-order valence-electron chi connectivity index (χ2n) is 8.86. The molecule has 0 spiro atoms. The van der Waals surface area contributed by atoms with Crippen LogP contribution in [0, 0.1) is 0 Å². The third-order valence-electron chi connectivity index (χ3n) is 6.75. The number of benzene rings is 3. The summed E-state index contributed by atoms with van der Waals surface area (Å²) in [5, 5.41) is 0.920. The molecule has 1 aliphatic heterocycles. The molecule has 0 bridgehead atoms. The minimum atomic E-state index is -0.0635. The van der Waals surface area contributed by atoms with Crippen molar-refractivity contribution in [2.75, 3.05) is 56.8 Å².